The molecule has 1 saturated carbocycles. The largest absolute Gasteiger partial charge is 0.351 e. The second kappa shape index (κ2) is 8.80. The number of rotatable bonds is 7. The summed E-state index contributed by atoms with van der Waals surface area (Å²) < 4.78 is 1.95. The molecule has 0 aromatic carbocycles. The first-order valence-corrected chi connectivity index (χ1v) is 9.77. The van der Waals surface area contributed by atoms with E-state index in [0.717, 1.165) is 18.7 Å². The standard InChI is InChI=1S/C18H24N4O2S/c23-17(9-4-11-19-18(24)15-8-5-13-25-15)21-16-10-12-20-22(16)14-6-2-1-3-7-14/h5,8,10,12-14H,1-4,6-7,9,11H2,(H,19,24)(H,21,23). The lowest BCUT2D eigenvalue weighted by Gasteiger charge is -2.23. The smallest absolute Gasteiger partial charge is 0.261 e. The van der Waals surface area contributed by atoms with Crippen LogP contribution in [-0.4, -0.2) is 28.1 Å². The zero-order chi connectivity index (χ0) is 17.5. The van der Waals surface area contributed by atoms with Crippen LogP contribution >= 0.6 is 11.3 Å². The van der Waals surface area contributed by atoms with E-state index in [9.17, 15) is 9.59 Å². The lowest BCUT2D eigenvalue weighted by molar-refractivity contribution is -0.116. The van der Waals surface area contributed by atoms with Crippen molar-refractivity contribution in [3.05, 3.63) is 34.7 Å². The fraction of sp³-hybridized carbons (Fsp3) is 0.500. The number of thiophene rings is 1. The van der Waals surface area contributed by atoms with Crippen LogP contribution in [0.2, 0.25) is 0 Å². The maximum atomic E-state index is 12.2. The Bertz CT molecular complexity index is 690. The topological polar surface area (TPSA) is 76.0 Å². The highest BCUT2D eigenvalue weighted by Crippen LogP contribution is 2.29. The van der Waals surface area contributed by atoms with Crippen molar-refractivity contribution >= 4 is 29.0 Å². The first-order valence-electron chi connectivity index (χ1n) is 8.89. The molecule has 0 unspecified atom stereocenters. The van der Waals surface area contributed by atoms with Gasteiger partial charge in [0.2, 0.25) is 5.91 Å². The van der Waals surface area contributed by atoms with E-state index in [1.807, 2.05) is 22.2 Å². The van der Waals surface area contributed by atoms with Crippen LogP contribution in [0.4, 0.5) is 5.82 Å². The summed E-state index contributed by atoms with van der Waals surface area (Å²) in [6.45, 7) is 0.492. The van der Waals surface area contributed by atoms with Gasteiger partial charge in [-0.1, -0.05) is 25.3 Å². The average Bonchev–Trinajstić information content (AvgIpc) is 3.31. The van der Waals surface area contributed by atoms with E-state index < -0.39 is 0 Å². The van der Waals surface area contributed by atoms with Crippen LogP contribution in [0.5, 0.6) is 0 Å². The van der Waals surface area contributed by atoms with Crippen molar-refractivity contribution in [3.8, 4) is 0 Å². The van der Waals surface area contributed by atoms with E-state index in [2.05, 4.69) is 15.7 Å². The van der Waals surface area contributed by atoms with Gasteiger partial charge in [-0.15, -0.1) is 11.3 Å². The number of carbonyl (C=O) groups is 2. The third-order valence-corrected chi connectivity index (χ3v) is 5.34. The molecule has 3 rings (SSSR count). The van der Waals surface area contributed by atoms with E-state index in [4.69, 9.17) is 0 Å². The maximum absolute atomic E-state index is 12.2. The number of carbonyl (C=O) groups excluding carboxylic acids is 2. The van der Waals surface area contributed by atoms with Gasteiger partial charge in [0.25, 0.3) is 5.91 Å². The minimum atomic E-state index is -0.0780. The van der Waals surface area contributed by atoms with Crippen molar-refractivity contribution in [2.75, 3.05) is 11.9 Å². The summed E-state index contributed by atoms with van der Waals surface area (Å²) in [4.78, 5) is 24.7. The zero-order valence-corrected chi connectivity index (χ0v) is 15.1. The van der Waals surface area contributed by atoms with Gasteiger partial charge in [0.1, 0.15) is 5.82 Å². The Morgan fingerprint density at radius 2 is 2.08 bits per heavy atom. The van der Waals surface area contributed by atoms with Gasteiger partial charge in [0, 0.05) is 19.0 Å². The first-order chi connectivity index (χ1) is 12.2. The average molecular weight is 360 g/mol. The van der Waals surface area contributed by atoms with E-state index in [1.165, 1.54) is 30.6 Å². The Morgan fingerprint density at radius 3 is 2.84 bits per heavy atom. The molecule has 2 amide bonds. The normalized spacial score (nSPS) is 15.0. The van der Waals surface area contributed by atoms with Crippen LogP contribution in [0.1, 0.15) is 60.7 Å². The highest BCUT2D eigenvalue weighted by molar-refractivity contribution is 7.12. The van der Waals surface area contributed by atoms with Crippen LogP contribution in [0.3, 0.4) is 0 Å². The zero-order valence-electron chi connectivity index (χ0n) is 14.2. The maximum Gasteiger partial charge on any atom is 0.261 e. The fourth-order valence-corrected chi connectivity index (χ4v) is 3.82. The minimum Gasteiger partial charge on any atom is -0.351 e. The Balaban J connectivity index is 1.41. The lowest BCUT2D eigenvalue weighted by atomic mass is 9.96. The summed E-state index contributed by atoms with van der Waals surface area (Å²) in [6.07, 6.45) is 8.71. The van der Waals surface area contributed by atoms with Gasteiger partial charge in [0.05, 0.1) is 17.1 Å². The first kappa shape index (κ1) is 17.7. The molecular weight excluding hydrogens is 336 g/mol. The van der Waals surface area contributed by atoms with E-state index in [0.29, 0.717) is 30.3 Å². The van der Waals surface area contributed by atoms with Crippen LogP contribution in [0.25, 0.3) is 0 Å². The van der Waals surface area contributed by atoms with Crippen molar-refractivity contribution in [1.29, 1.82) is 0 Å². The van der Waals surface area contributed by atoms with E-state index in [1.54, 1.807) is 12.3 Å². The van der Waals surface area contributed by atoms with E-state index in [-0.39, 0.29) is 11.8 Å². The number of nitrogens with one attached hydrogen (secondary N) is 2. The molecule has 2 aromatic rings. The lowest BCUT2D eigenvalue weighted by Crippen LogP contribution is -2.25. The van der Waals surface area contributed by atoms with Crippen molar-refractivity contribution in [3.63, 3.8) is 0 Å². The SMILES string of the molecule is O=C(CCCNC(=O)c1cccs1)Nc1ccnn1C1CCCCC1. The fourth-order valence-electron chi connectivity index (χ4n) is 3.18. The molecule has 0 saturated heterocycles. The molecule has 0 radical (unpaired) electrons. The summed E-state index contributed by atoms with van der Waals surface area (Å²) in [5, 5.41) is 12.1. The summed E-state index contributed by atoms with van der Waals surface area (Å²) in [5.41, 5.74) is 0. The molecule has 2 heterocycles. The molecule has 25 heavy (non-hydrogen) atoms. The highest BCUT2D eigenvalue weighted by Gasteiger charge is 2.19. The molecule has 6 nitrogen and oxygen atoms in total. The molecule has 1 fully saturated rings. The molecule has 7 heteroatoms. The molecule has 0 atom stereocenters. The van der Waals surface area contributed by atoms with Crippen LogP contribution in [-0.2, 0) is 4.79 Å². The minimum absolute atomic E-state index is 0.0390. The molecule has 0 spiro atoms. The molecule has 2 N–H and O–H groups in total. The van der Waals surface area contributed by atoms with Crippen molar-refractivity contribution < 1.29 is 9.59 Å². The Hall–Kier alpha value is -2.15. The van der Waals surface area contributed by atoms with Crippen molar-refractivity contribution in [2.45, 2.75) is 51.0 Å². The number of anilines is 1. The predicted molar refractivity (Wildman–Crippen MR) is 98.9 cm³/mol. The molecule has 134 valence electrons. The molecule has 0 bridgehead atoms. The molecule has 1 aliphatic rings. The van der Waals surface area contributed by atoms with Gasteiger partial charge in [-0.25, -0.2) is 4.68 Å². The van der Waals surface area contributed by atoms with Gasteiger partial charge in [-0.05, 0) is 30.7 Å². The summed E-state index contributed by atoms with van der Waals surface area (Å²) in [6, 6.07) is 5.89. The van der Waals surface area contributed by atoms with Gasteiger partial charge >= 0.3 is 0 Å². The Morgan fingerprint density at radius 1 is 1.24 bits per heavy atom. The summed E-state index contributed by atoms with van der Waals surface area (Å²) in [7, 11) is 0. The second-order valence-corrected chi connectivity index (χ2v) is 7.29. The van der Waals surface area contributed by atoms with Gasteiger partial charge in [0.15, 0.2) is 0 Å². The number of nitrogens with zero attached hydrogens (tertiary/aromatic N) is 2. The second-order valence-electron chi connectivity index (χ2n) is 6.34. The molecular formula is C18H24N4O2S. The van der Waals surface area contributed by atoms with Crippen molar-refractivity contribution in [1.82, 2.24) is 15.1 Å². The predicted octanol–water partition coefficient (Wildman–Crippen LogP) is 3.60. The molecule has 0 aliphatic heterocycles. The van der Waals surface area contributed by atoms with Gasteiger partial charge in [-0.2, -0.15) is 5.10 Å². The van der Waals surface area contributed by atoms with Gasteiger partial charge in [-0.3, -0.25) is 9.59 Å². The van der Waals surface area contributed by atoms with Crippen LogP contribution in [0, 0.1) is 0 Å². The molecule has 1 aliphatic carbocycles. The Kier molecular flexibility index (Phi) is 6.22. The Labute approximate surface area is 151 Å². The monoisotopic (exact) mass is 360 g/mol. The third kappa shape index (κ3) is 4.92. The number of hydrogen-bond donors (Lipinski definition) is 2. The number of amides is 2. The van der Waals surface area contributed by atoms with E-state index >= 15 is 0 Å². The summed E-state index contributed by atoms with van der Waals surface area (Å²) >= 11 is 1.41. The number of aromatic nitrogens is 2. The molecule has 2 aromatic heterocycles. The van der Waals surface area contributed by atoms with Crippen molar-refractivity contribution in [2.24, 2.45) is 0 Å². The van der Waals surface area contributed by atoms with Crippen LogP contribution in [0.15, 0.2) is 29.8 Å². The van der Waals surface area contributed by atoms with Gasteiger partial charge < -0.3 is 10.6 Å². The highest BCUT2D eigenvalue weighted by atomic mass is 32.1. The summed E-state index contributed by atoms with van der Waals surface area (Å²) in [5.74, 6) is 0.660. The number of hydrogen-bond acceptors (Lipinski definition) is 4. The quantitative estimate of drug-likeness (QED) is 0.741. The third-order valence-electron chi connectivity index (χ3n) is 4.47. The van der Waals surface area contributed by atoms with Crippen LogP contribution < -0.4 is 10.6 Å².